The van der Waals surface area contributed by atoms with Crippen LogP contribution in [0.1, 0.15) is 11.6 Å². The van der Waals surface area contributed by atoms with Gasteiger partial charge in [0.05, 0.1) is 12.1 Å². The zero-order valence-corrected chi connectivity index (χ0v) is 13.0. The van der Waals surface area contributed by atoms with Crippen LogP contribution in [0.4, 0.5) is 15.8 Å². The second kappa shape index (κ2) is 5.20. The summed E-state index contributed by atoms with van der Waals surface area (Å²) < 4.78 is 13.3. The Labute approximate surface area is 139 Å². The molecule has 118 valence electrons. The van der Waals surface area contributed by atoms with E-state index in [0.717, 1.165) is 11.3 Å². The SMILES string of the molecule is CN1c2ccccc2C2C1C=C(C#N)C(=O)N2c1ccc(F)cc1. The molecule has 0 saturated carbocycles. The Hall–Kier alpha value is -3.13. The van der Waals surface area contributed by atoms with Crippen molar-refractivity contribution in [3.8, 4) is 6.07 Å². The maximum Gasteiger partial charge on any atom is 0.269 e. The number of halogens is 1. The van der Waals surface area contributed by atoms with Gasteiger partial charge in [-0.05, 0) is 36.4 Å². The lowest BCUT2D eigenvalue weighted by Gasteiger charge is -2.37. The first-order valence-corrected chi connectivity index (χ1v) is 7.64. The van der Waals surface area contributed by atoms with E-state index in [2.05, 4.69) is 4.90 Å². The number of rotatable bonds is 1. The minimum absolute atomic E-state index is 0.111. The number of carbonyl (C=O) groups excluding carboxylic acids is 1. The third kappa shape index (κ3) is 1.93. The molecule has 2 heterocycles. The van der Waals surface area contributed by atoms with Crippen molar-refractivity contribution < 1.29 is 9.18 Å². The summed E-state index contributed by atoms with van der Waals surface area (Å²) in [6, 6.07) is 15.3. The van der Waals surface area contributed by atoms with E-state index in [1.54, 1.807) is 23.1 Å². The van der Waals surface area contributed by atoms with E-state index < -0.39 is 0 Å². The molecule has 2 atom stereocenters. The number of amides is 1. The van der Waals surface area contributed by atoms with Crippen LogP contribution in [-0.2, 0) is 4.79 Å². The Morgan fingerprint density at radius 3 is 2.54 bits per heavy atom. The predicted octanol–water partition coefficient (Wildman–Crippen LogP) is 3.18. The highest BCUT2D eigenvalue weighted by molar-refractivity contribution is 6.10. The number of hydrogen-bond acceptors (Lipinski definition) is 3. The van der Waals surface area contributed by atoms with Gasteiger partial charge in [0, 0.05) is 24.0 Å². The molecular formula is C19H14FN3O. The molecule has 2 aliphatic heterocycles. The number of hydrogen-bond donors (Lipinski definition) is 0. The molecule has 0 spiro atoms. The number of nitrogens with zero attached hydrogens (tertiary/aromatic N) is 3. The highest BCUT2D eigenvalue weighted by atomic mass is 19.1. The Balaban J connectivity index is 1.92. The van der Waals surface area contributed by atoms with Crippen molar-refractivity contribution in [2.24, 2.45) is 0 Å². The van der Waals surface area contributed by atoms with Gasteiger partial charge in [-0.25, -0.2) is 4.39 Å². The maximum absolute atomic E-state index is 13.3. The molecule has 0 fully saturated rings. The van der Waals surface area contributed by atoms with Crippen LogP contribution in [0.15, 0.2) is 60.2 Å². The number of likely N-dealkylation sites (N-methyl/N-ethyl adjacent to an activating group) is 1. The van der Waals surface area contributed by atoms with Crippen molar-refractivity contribution in [1.82, 2.24) is 0 Å². The monoisotopic (exact) mass is 319 g/mol. The van der Waals surface area contributed by atoms with Gasteiger partial charge in [-0.3, -0.25) is 9.69 Å². The van der Waals surface area contributed by atoms with Crippen LogP contribution >= 0.6 is 0 Å². The minimum Gasteiger partial charge on any atom is -0.365 e. The maximum atomic E-state index is 13.3. The van der Waals surface area contributed by atoms with Gasteiger partial charge in [0.2, 0.25) is 0 Å². The van der Waals surface area contributed by atoms with Gasteiger partial charge in [0.1, 0.15) is 17.5 Å². The molecule has 0 aromatic heterocycles. The molecule has 2 aromatic carbocycles. The molecule has 2 unspecified atom stereocenters. The molecule has 4 nitrogen and oxygen atoms in total. The number of nitriles is 1. The summed E-state index contributed by atoms with van der Waals surface area (Å²) in [6.07, 6.45) is 1.73. The van der Waals surface area contributed by atoms with Crippen molar-refractivity contribution in [3.05, 3.63) is 71.6 Å². The van der Waals surface area contributed by atoms with Crippen LogP contribution in [0.25, 0.3) is 0 Å². The van der Waals surface area contributed by atoms with Crippen LogP contribution in [0.5, 0.6) is 0 Å². The van der Waals surface area contributed by atoms with Gasteiger partial charge >= 0.3 is 0 Å². The number of carbonyl (C=O) groups is 1. The standard InChI is InChI=1S/C19H14FN3O/c1-22-16-5-3-2-4-15(16)18-17(22)10-12(11-21)19(24)23(18)14-8-6-13(20)7-9-14/h2-10,17-18H,1H3. The first-order chi connectivity index (χ1) is 11.6. The minimum atomic E-state index is -0.361. The van der Waals surface area contributed by atoms with Gasteiger partial charge < -0.3 is 4.90 Å². The fourth-order valence-corrected chi connectivity index (χ4v) is 3.57. The Bertz CT molecular complexity index is 898. The van der Waals surface area contributed by atoms with Crippen molar-refractivity contribution in [2.75, 3.05) is 16.8 Å². The Morgan fingerprint density at radius 1 is 1.12 bits per heavy atom. The van der Waals surface area contributed by atoms with E-state index in [0.29, 0.717) is 5.69 Å². The Morgan fingerprint density at radius 2 is 1.83 bits per heavy atom. The van der Waals surface area contributed by atoms with Crippen molar-refractivity contribution >= 4 is 17.3 Å². The normalized spacial score (nSPS) is 21.9. The van der Waals surface area contributed by atoms with Crippen LogP contribution in [0.3, 0.4) is 0 Å². The molecule has 2 aromatic rings. The summed E-state index contributed by atoms with van der Waals surface area (Å²) >= 11 is 0. The van der Waals surface area contributed by atoms with Gasteiger partial charge in [0.15, 0.2) is 0 Å². The zero-order valence-electron chi connectivity index (χ0n) is 13.0. The average Bonchev–Trinajstić information content (AvgIpc) is 2.88. The number of fused-ring (bicyclic) bond motifs is 3. The topological polar surface area (TPSA) is 47.3 Å². The van der Waals surface area contributed by atoms with E-state index in [9.17, 15) is 14.4 Å². The van der Waals surface area contributed by atoms with Crippen LogP contribution in [-0.4, -0.2) is 19.0 Å². The summed E-state index contributed by atoms with van der Waals surface area (Å²) in [7, 11) is 1.95. The van der Waals surface area contributed by atoms with Crippen LogP contribution in [0.2, 0.25) is 0 Å². The molecule has 0 saturated heterocycles. The second-order valence-electron chi connectivity index (χ2n) is 5.95. The number of para-hydroxylation sites is 1. The third-order valence-electron chi connectivity index (χ3n) is 4.70. The fraction of sp³-hybridized carbons (Fsp3) is 0.158. The van der Waals surface area contributed by atoms with Crippen molar-refractivity contribution in [3.63, 3.8) is 0 Å². The van der Waals surface area contributed by atoms with Crippen molar-refractivity contribution in [2.45, 2.75) is 12.1 Å². The van der Waals surface area contributed by atoms with Crippen LogP contribution in [0, 0.1) is 17.1 Å². The van der Waals surface area contributed by atoms with Crippen molar-refractivity contribution in [1.29, 1.82) is 5.26 Å². The summed E-state index contributed by atoms with van der Waals surface area (Å²) in [5.74, 6) is -0.713. The molecule has 0 bridgehead atoms. The van der Waals surface area contributed by atoms with E-state index in [-0.39, 0.29) is 29.4 Å². The lowest BCUT2D eigenvalue weighted by Crippen LogP contribution is -2.46. The van der Waals surface area contributed by atoms with Gasteiger partial charge in [-0.1, -0.05) is 18.2 Å². The van der Waals surface area contributed by atoms with E-state index in [4.69, 9.17) is 0 Å². The third-order valence-corrected chi connectivity index (χ3v) is 4.70. The summed E-state index contributed by atoms with van der Waals surface area (Å²) in [4.78, 5) is 16.5. The van der Waals surface area contributed by atoms with E-state index in [1.165, 1.54) is 12.1 Å². The van der Waals surface area contributed by atoms with E-state index >= 15 is 0 Å². The highest BCUT2D eigenvalue weighted by Crippen LogP contribution is 2.46. The summed E-state index contributed by atoms with van der Waals surface area (Å²) in [5.41, 5.74) is 2.75. The second-order valence-corrected chi connectivity index (χ2v) is 5.95. The fourth-order valence-electron chi connectivity index (χ4n) is 3.57. The smallest absolute Gasteiger partial charge is 0.269 e. The average molecular weight is 319 g/mol. The Kier molecular flexibility index (Phi) is 3.14. The van der Waals surface area contributed by atoms with E-state index in [1.807, 2.05) is 37.4 Å². The first-order valence-electron chi connectivity index (χ1n) is 7.64. The molecule has 0 aliphatic carbocycles. The first kappa shape index (κ1) is 14.5. The highest BCUT2D eigenvalue weighted by Gasteiger charge is 2.45. The van der Waals surface area contributed by atoms with Crippen LogP contribution < -0.4 is 9.80 Å². The number of benzene rings is 2. The van der Waals surface area contributed by atoms with Gasteiger partial charge in [0.25, 0.3) is 5.91 Å². The predicted molar refractivity (Wildman–Crippen MR) is 89.0 cm³/mol. The molecule has 2 aliphatic rings. The molecule has 0 radical (unpaired) electrons. The summed E-state index contributed by atoms with van der Waals surface area (Å²) in [5, 5.41) is 9.35. The molecule has 4 rings (SSSR count). The van der Waals surface area contributed by atoms with Gasteiger partial charge in [-0.15, -0.1) is 0 Å². The van der Waals surface area contributed by atoms with Gasteiger partial charge in [-0.2, -0.15) is 5.26 Å². The largest absolute Gasteiger partial charge is 0.365 e. The molecule has 0 N–H and O–H groups in total. The molecule has 1 amide bonds. The molecule has 24 heavy (non-hydrogen) atoms. The lowest BCUT2D eigenvalue weighted by molar-refractivity contribution is -0.115. The zero-order chi connectivity index (χ0) is 16.8. The molecule has 5 heteroatoms. The lowest BCUT2D eigenvalue weighted by atomic mass is 9.94. The molecular weight excluding hydrogens is 305 g/mol. The number of anilines is 2. The summed E-state index contributed by atoms with van der Waals surface area (Å²) in [6.45, 7) is 0. The quantitative estimate of drug-likeness (QED) is 0.811.